The Labute approximate surface area is 73.9 Å². The van der Waals surface area contributed by atoms with Crippen molar-refractivity contribution in [3.8, 4) is 0 Å². The van der Waals surface area contributed by atoms with Crippen molar-refractivity contribution < 1.29 is 0 Å². The summed E-state index contributed by atoms with van der Waals surface area (Å²) < 4.78 is 3.20. The molecule has 0 saturated heterocycles. The van der Waals surface area contributed by atoms with Crippen LogP contribution in [0.4, 0.5) is 0 Å². The molecule has 1 aromatic heterocycles. The molecular weight excluding hydrogens is 172 g/mol. The molecule has 0 spiro atoms. The van der Waals surface area contributed by atoms with Crippen LogP contribution in [-0.2, 0) is 0 Å². The molecule has 0 aliphatic carbocycles. The van der Waals surface area contributed by atoms with E-state index in [0.29, 0.717) is 4.77 Å². The fraction of sp³-hybridized carbons (Fsp3) is 0. The summed E-state index contributed by atoms with van der Waals surface area (Å²) >= 11 is 4.97. The van der Waals surface area contributed by atoms with Gasteiger partial charge in [0, 0.05) is 0 Å². The zero-order chi connectivity index (χ0) is 8.72. The highest BCUT2D eigenvalue weighted by Crippen LogP contribution is 2.11. The zero-order valence-corrected chi connectivity index (χ0v) is 7.08. The second-order valence-corrected chi connectivity index (χ2v) is 2.88. The lowest BCUT2D eigenvalue weighted by Gasteiger charge is -1.91. The summed E-state index contributed by atoms with van der Waals surface area (Å²) in [6.45, 7) is 0. The number of hydrogen-bond donors (Lipinski definition) is 2. The minimum atomic E-state index is 0.413. The van der Waals surface area contributed by atoms with Gasteiger partial charge in [-0.05, 0) is 24.4 Å². The average Bonchev–Trinajstić information content (AvgIpc) is 2.33. The second kappa shape index (κ2) is 2.25. The number of nitrogens with two attached hydrogens (primary N) is 2. The normalized spacial score (nSPS) is 10.7. The van der Waals surface area contributed by atoms with Crippen LogP contribution in [0.2, 0.25) is 0 Å². The van der Waals surface area contributed by atoms with E-state index in [0.717, 1.165) is 11.0 Å². The molecule has 62 valence electrons. The summed E-state index contributed by atoms with van der Waals surface area (Å²) in [5.41, 5.74) is 1.68. The second-order valence-electron chi connectivity index (χ2n) is 2.51. The van der Waals surface area contributed by atoms with Crippen molar-refractivity contribution >= 4 is 23.3 Å². The van der Waals surface area contributed by atoms with Gasteiger partial charge in [-0.1, -0.05) is 12.1 Å². The highest BCUT2D eigenvalue weighted by molar-refractivity contribution is 7.71. The van der Waals surface area contributed by atoms with Crippen LogP contribution < -0.4 is 11.7 Å². The van der Waals surface area contributed by atoms with E-state index >= 15 is 0 Å². The molecule has 0 unspecified atom stereocenters. The van der Waals surface area contributed by atoms with E-state index in [-0.39, 0.29) is 0 Å². The largest absolute Gasteiger partial charge is 0.336 e. The first kappa shape index (κ1) is 7.17. The molecule has 0 aliphatic heterocycles. The number of imidazole rings is 1. The number of nitrogen functional groups attached to an aromatic ring is 2. The quantitative estimate of drug-likeness (QED) is 0.461. The zero-order valence-electron chi connectivity index (χ0n) is 6.27. The number of fused-ring (bicyclic) bond motifs is 1. The summed E-state index contributed by atoms with van der Waals surface area (Å²) in [6.07, 6.45) is 0. The Morgan fingerprint density at radius 3 is 1.83 bits per heavy atom. The number of para-hydroxylation sites is 2. The van der Waals surface area contributed by atoms with Crippen LogP contribution in [0.1, 0.15) is 0 Å². The maximum atomic E-state index is 5.65. The molecule has 0 amide bonds. The molecule has 0 radical (unpaired) electrons. The monoisotopic (exact) mass is 180 g/mol. The van der Waals surface area contributed by atoms with Crippen LogP contribution in [0.5, 0.6) is 0 Å². The van der Waals surface area contributed by atoms with Gasteiger partial charge in [0.15, 0.2) is 0 Å². The maximum absolute atomic E-state index is 5.65. The average molecular weight is 180 g/mol. The van der Waals surface area contributed by atoms with Gasteiger partial charge in [-0.15, -0.1) is 0 Å². The molecule has 5 heteroatoms. The van der Waals surface area contributed by atoms with Crippen molar-refractivity contribution in [2.75, 3.05) is 11.7 Å². The number of rotatable bonds is 0. The molecule has 0 aliphatic rings. The Morgan fingerprint density at radius 2 is 1.42 bits per heavy atom. The van der Waals surface area contributed by atoms with Gasteiger partial charge in [-0.25, -0.2) is 9.35 Å². The molecule has 0 fully saturated rings. The fourth-order valence-corrected chi connectivity index (χ4v) is 1.39. The Hall–Kier alpha value is -1.49. The number of hydrogen-bond acceptors (Lipinski definition) is 3. The van der Waals surface area contributed by atoms with E-state index in [2.05, 4.69) is 0 Å². The summed E-state index contributed by atoms with van der Waals surface area (Å²) in [5.74, 6) is 11.3. The van der Waals surface area contributed by atoms with E-state index in [1.165, 1.54) is 9.35 Å². The molecule has 1 aromatic carbocycles. The third-order valence-electron chi connectivity index (χ3n) is 1.81. The third kappa shape index (κ3) is 0.738. The van der Waals surface area contributed by atoms with Crippen molar-refractivity contribution in [1.82, 2.24) is 9.35 Å². The van der Waals surface area contributed by atoms with Gasteiger partial charge in [0.2, 0.25) is 4.77 Å². The van der Waals surface area contributed by atoms with Gasteiger partial charge < -0.3 is 11.7 Å². The predicted octanol–water partition coefficient (Wildman–Crippen LogP) is 0.600. The molecule has 12 heavy (non-hydrogen) atoms. The molecule has 0 saturated carbocycles. The number of aromatic nitrogens is 2. The fourth-order valence-electron chi connectivity index (χ4n) is 1.19. The molecule has 2 aromatic rings. The van der Waals surface area contributed by atoms with Gasteiger partial charge >= 0.3 is 0 Å². The van der Waals surface area contributed by atoms with Gasteiger partial charge in [-0.3, -0.25) is 0 Å². The Kier molecular flexibility index (Phi) is 1.34. The van der Waals surface area contributed by atoms with E-state index < -0.39 is 0 Å². The van der Waals surface area contributed by atoms with Crippen molar-refractivity contribution in [1.29, 1.82) is 0 Å². The first-order valence-electron chi connectivity index (χ1n) is 3.44. The predicted molar refractivity (Wildman–Crippen MR) is 51.1 cm³/mol. The van der Waals surface area contributed by atoms with Gasteiger partial charge in [-0.2, -0.15) is 0 Å². The van der Waals surface area contributed by atoms with E-state index in [9.17, 15) is 0 Å². The van der Waals surface area contributed by atoms with Gasteiger partial charge in [0.25, 0.3) is 0 Å². The van der Waals surface area contributed by atoms with Crippen molar-refractivity contribution in [3.05, 3.63) is 29.0 Å². The summed E-state index contributed by atoms with van der Waals surface area (Å²) in [6, 6.07) is 7.52. The van der Waals surface area contributed by atoms with E-state index in [4.69, 9.17) is 23.9 Å². The maximum Gasteiger partial charge on any atom is 0.218 e. The van der Waals surface area contributed by atoms with Gasteiger partial charge in [0.1, 0.15) is 0 Å². The van der Waals surface area contributed by atoms with Crippen LogP contribution in [-0.4, -0.2) is 9.35 Å². The lowest BCUT2D eigenvalue weighted by atomic mass is 10.3. The molecule has 4 N–H and O–H groups in total. The number of benzene rings is 1. The molecule has 2 rings (SSSR count). The minimum absolute atomic E-state index is 0.413. The Morgan fingerprint density at radius 1 is 1.00 bits per heavy atom. The molecule has 0 atom stereocenters. The van der Waals surface area contributed by atoms with E-state index in [1.807, 2.05) is 24.3 Å². The third-order valence-corrected chi connectivity index (χ3v) is 2.21. The van der Waals surface area contributed by atoms with Crippen LogP contribution in [0.3, 0.4) is 0 Å². The first-order chi connectivity index (χ1) is 5.72. The van der Waals surface area contributed by atoms with Crippen molar-refractivity contribution in [3.63, 3.8) is 0 Å². The Balaban J connectivity index is 3.09. The van der Waals surface area contributed by atoms with Crippen LogP contribution in [0, 0.1) is 4.77 Å². The van der Waals surface area contributed by atoms with E-state index in [1.54, 1.807) is 0 Å². The van der Waals surface area contributed by atoms with Crippen molar-refractivity contribution in [2.45, 2.75) is 0 Å². The Bertz CT molecular complexity index is 440. The number of nitrogens with zero attached hydrogens (tertiary/aromatic N) is 2. The van der Waals surface area contributed by atoms with Crippen LogP contribution in [0.15, 0.2) is 24.3 Å². The minimum Gasteiger partial charge on any atom is -0.336 e. The molecule has 4 nitrogen and oxygen atoms in total. The SMILES string of the molecule is Nn1c(=S)n(N)c2ccccc21. The van der Waals surface area contributed by atoms with Crippen LogP contribution in [0.25, 0.3) is 11.0 Å². The summed E-state index contributed by atoms with van der Waals surface area (Å²) in [4.78, 5) is 0. The highest BCUT2D eigenvalue weighted by Gasteiger charge is 2.03. The van der Waals surface area contributed by atoms with Crippen molar-refractivity contribution in [2.24, 2.45) is 0 Å². The lowest BCUT2D eigenvalue weighted by Crippen LogP contribution is -2.12. The smallest absolute Gasteiger partial charge is 0.218 e. The standard InChI is InChI=1S/C7H8N4S/c8-10-5-3-1-2-4-6(5)11(9)7(10)12/h1-4H,8-9H2. The molecule has 1 heterocycles. The molecular formula is C7H8N4S. The highest BCUT2D eigenvalue weighted by atomic mass is 32.1. The van der Waals surface area contributed by atoms with Crippen LogP contribution >= 0.6 is 12.2 Å². The lowest BCUT2D eigenvalue weighted by molar-refractivity contribution is 0.918. The summed E-state index contributed by atoms with van der Waals surface area (Å²) in [5, 5.41) is 0. The molecule has 0 bridgehead atoms. The first-order valence-corrected chi connectivity index (χ1v) is 3.85. The topological polar surface area (TPSA) is 61.9 Å². The van der Waals surface area contributed by atoms with Gasteiger partial charge in [0.05, 0.1) is 11.0 Å². The summed E-state index contributed by atoms with van der Waals surface area (Å²) in [7, 11) is 0.